The van der Waals surface area contributed by atoms with E-state index < -0.39 is 20.0 Å². The maximum absolute atomic E-state index is 12.8. The van der Waals surface area contributed by atoms with Crippen LogP contribution in [-0.4, -0.2) is 68.5 Å². The van der Waals surface area contributed by atoms with Gasteiger partial charge in [-0.1, -0.05) is 167 Å². The van der Waals surface area contributed by atoms with Crippen LogP contribution in [0.4, 0.5) is 0 Å². The molecule has 0 bridgehead atoms. The van der Waals surface area contributed by atoms with Crippen molar-refractivity contribution in [1.82, 2.24) is 5.32 Å². The molecule has 0 fully saturated rings. The topological polar surface area (TPSA) is 108 Å². The summed E-state index contributed by atoms with van der Waals surface area (Å²) in [7, 11) is 1.27. The van der Waals surface area contributed by atoms with Crippen LogP contribution in [0.1, 0.15) is 181 Å². The number of amides is 1. The van der Waals surface area contributed by atoms with Gasteiger partial charge in [-0.3, -0.25) is 9.36 Å². The molecule has 9 heteroatoms. The summed E-state index contributed by atoms with van der Waals surface area (Å²) >= 11 is 0. The maximum Gasteiger partial charge on any atom is 0.268 e. The predicted molar refractivity (Wildman–Crippen MR) is 201 cm³/mol. The van der Waals surface area contributed by atoms with Crippen LogP contribution in [0.5, 0.6) is 0 Å². The highest BCUT2D eigenvalue weighted by molar-refractivity contribution is 7.45. The minimum atomic E-state index is -4.57. The van der Waals surface area contributed by atoms with Crippen molar-refractivity contribution in [1.29, 1.82) is 0 Å². The van der Waals surface area contributed by atoms with Gasteiger partial charge < -0.3 is 28.8 Å². The highest BCUT2D eigenvalue weighted by Gasteiger charge is 2.23. The molecule has 8 nitrogen and oxygen atoms in total. The van der Waals surface area contributed by atoms with Crippen LogP contribution in [0, 0.1) is 0 Å². The molecule has 3 unspecified atom stereocenters. The van der Waals surface area contributed by atoms with Gasteiger partial charge in [-0.15, -0.1) is 0 Å². The third kappa shape index (κ3) is 33.7. The monoisotopic (exact) mass is 703 g/mol. The van der Waals surface area contributed by atoms with Gasteiger partial charge in [-0.05, 0) is 19.3 Å². The summed E-state index contributed by atoms with van der Waals surface area (Å²) in [5, 5.41) is 13.7. The van der Waals surface area contributed by atoms with Crippen molar-refractivity contribution in [2.75, 3.05) is 40.9 Å². The van der Waals surface area contributed by atoms with Crippen LogP contribution in [0.25, 0.3) is 0 Å². The average molecular weight is 703 g/mol. The van der Waals surface area contributed by atoms with Crippen LogP contribution in [0.15, 0.2) is 12.2 Å². The highest BCUT2D eigenvalue weighted by atomic mass is 31.2. The molecule has 3 atom stereocenters. The van der Waals surface area contributed by atoms with E-state index in [2.05, 4.69) is 19.2 Å². The first-order valence-corrected chi connectivity index (χ1v) is 21.5. The lowest BCUT2D eigenvalue weighted by atomic mass is 10.0. The van der Waals surface area contributed by atoms with E-state index in [9.17, 15) is 19.4 Å². The van der Waals surface area contributed by atoms with Crippen molar-refractivity contribution < 1.29 is 32.9 Å². The Kier molecular flexibility index (Phi) is 31.7. The summed E-state index contributed by atoms with van der Waals surface area (Å²) in [5.74, 6) is -0.198. The normalized spacial score (nSPS) is 14.7. The van der Waals surface area contributed by atoms with E-state index in [4.69, 9.17) is 9.05 Å². The molecular weight excluding hydrogens is 623 g/mol. The zero-order valence-corrected chi connectivity index (χ0v) is 33.1. The van der Waals surface area contributed by atoms with E-state index in [1.807, 2.05) is 27.2 Å². The molecule has 0 saturated heterocycles. The van der Waals surface area contributed by atoms with E-state index in [1.54, 1.807) is 6.08 Å². The maximum atomic E-state index is 12.8. The summed E-state index contributed by atoms with van der Waals surface area (Å²) in [5.41, 5.74) is 0. The number of nitrogens with one attached hydrogen (secondary N) is 1. The number of phosphoric acid groups is 1. The summed E-state index contributed by atoms with van der Waals surface area (Å²) in [6.45, 7) is 4.63. The molecule has 0 aromatic carbocycles. The number of nitrogens with zero attached hydrogens (tertiary/aromatic N) is 1. The van der Waals surface area contributed by atoms with Crippen molar-refractivity contribution in [3.8, 4) is 0 Å². The van der Waals surface area contributed by atoms with Crippen molar-refractivity contribution in [2.24, 2.45) is 0 Å². The molecular formula is C39H79N2O6P. The zero-order valence-electron chi connectivity index (χ0n) is 32.2. The van der Waals surface area contributed by atoms with E-state index in [0.717, 1.165) is 38.5 Å². The Bertz CT molecular complexity index is 804. The predicted octanol–water partition coefficient (Wildman–Crippen LogP) is 9.78. The summed E-state index contributed by atoms with van der Waals surface area (Å²) in [6, 6.07) is -0.877. The summed E-state index contributed by atoms with van der Waals surface area (Å²) < 4.78 is 23.1. The van der Waals surface area contributed by atoms with E-state index >= 15 is 0 Å². The Morgan fingerprint density at radius 1 is 0.708 bits per heavy atom. The first-order chi connectivity index (χ1) is 23.0. The third-order valence-electron chi connectivity index (χ3n) is 9.00. The number of unbranched alkanes of at least 4 members (excludes halogenated alkanes) is 23. The number of phosphoric ester groups is 1. The second-order valence-corrected chi connectivity index (χ2v) is 16.4. The zero-order chi connectivity index (χ0) is 35.8. The number of likely N-dealkylation sites (N-methyl/N-ethyl adjacent to an activating group) is 1. The summed E-state index contributed by atoms with van der Waals surface area (Å²) in [6.07, 6.45) is 33.9. The first-order valence-electron chi connectivity index (χ1n) is 20.1. The smallest absolute Gasteiger partial charge is 0.268 e. The molecule has 0 radical (unpaired) electrons. The number of allylic oxidation sites excluding steroid dienone is 1. The van der Waals surface area contributed by atoms with Crippen LogP contribution < -0.4 is 10.2 Å². The van der Waals surface area contributed by atoms with Crippen LogP contribution in [0.3, 0.4) is 0 Å². The van der Waals surface area contributed by atoms with E-state index in [0.29, 0.717) is 17.4 Å². The lowest BCUT2D eigenvalue weighted by Crippen LogP contribution is -2.45. The molecule has 0 rings (SSSR count). The Hall–Kier alpha value is -0.760. The number of aliphatic hydroxyl groups is 1. The Labute approximate surface area is 297 Å². The molecule has 48 heavy (non-hydrogen) atoms. The molecule has 0 aliphatic rings. The molecule has 0 aliphatic heterocycles. The largest absolute Gasteiger partial charge is 0.756 e. The third-order valence-corrected chi connectivity index (χ3v) is 9.96. The second-order valence-electron chi connectivity index (χ2n) is 15.0. The lowest BCUT2D eigenvalue weighted by Gasteiger charge is -2.29. The lowest BCUT2D eigenvalue weighted by molar-refractivity contribution is -0.870. The quantitative estimate of drug-likeness (QED) is 0.0291. The number of quaternary nitrogens is 1. The molecule has 286 valence electrons. The molecule has 0 aromatic heterocycles. The fourth-order valence-electron chi connectivity index (χ4n) is 5.74. The first kappa shape index (κ1) is 47.2. The minimum Gasteiger partial charge on any atom is -0.756 e. The second kappa shape index (κ2) is 32.2. The number of carbonyl (C=O) groups is 1. The van der Waals surface area contributed by atoms with Gasteiger partial charge in [-0.25, -0.2) is 0 Å². The number of hydrogen-bond acceptors (Lipinski definition) is 6. The van der Waals surface area contributed by atoms with Crippen molar-refractivity contribution in [2.45, 2.75) is 193 Å². The van der Waals surface area contributed by atoms with Gasteiger partial charge in [0.1, 0.15) is 13.2 Å². The molecule has 1 amide bonds. The average Bonchev–Trinajstić information content (AvgIpc) is 3.02. The van der Waals surface area contributed by atoms with Gasteiger partial charge in [0.2, 0.25) is 5.91 Å². The molecule has 0 aromatic rings. The van der Waals surface area contributed by atoms with Gasteiger partial charge in [0.25, 0.3) is 7.82 Å². The number of aliphatic hydroxyl groups excluding tert-OH is 1. The summed E-state index contributed by atoms with van der Waals surface area (Å²) in [4.78, 5) is 25.2. The number of carbonyl (C=O) groups excluding carboxylic acids is 1. The van der Waals surface area contributed by atoms with Crippen molar-refractivity contribution in [3.63, 3.8) is 0 Å². The van der Waals surface area contributed by atoms with E-state index in [1.165, 1.54) is 122 Å². The fraction of sp³-hybridized carbons (Fsp3) is 0.923. The van der Waals surface area contributed by atoms with Crippen molar-refractivity contribution >= 4 is 13.7 Å². The highest BCUT2D eigenvalue weighted by Crippen LogP contribution is 2.38. The Balaban J connectivity index is 4.48. The van der Waals surface area contributed by atoms with Crippen molar-refractivity contribution in [3.05, 3.63) is 12.2 Å². The molecule has 2 N–H and O–H groups in total. The van der Waals surface area contributed by atoms with Gasteiger partial charge in [-0.2, -0.15) is 0 Å². The Morgan fingerprint density at radius 3 is 1.56 bits per heavy atom. The standard InChI is InChI=1S/C39H79N2O6P/c1-6-8-10-12-14-16-18-20-21-23-25-27-29-31-33-39(43)40-37(36-47-48(44,45)46-35-34-41(3,4)5)38(42)32-30-28-26-24-22-19-17-15-13-11-9-7-2/h30,32,37-38,42H,6-29,31,33-36H2,1-5H3,(H-,40,43,44,45)/b32-30+. The SMILES string of the molecule is CCCCCCCCCCCC/C=C/C(O)C(COP(=O)([O-])OCC[N+](C)(C)C)NC(=O)CCCCCCCCCCCCCCCC. The fourth-order valence-corrected chi connectivity index (χ4v) is 6.46. The molecule has 0 aliphatic carbocycles. The number of hydrogen-bond donors (Lipinski definition) is 2. The number of rotatable bonds is 36. The molecule has 0 saturated carbocycles. The Morgan fingerprint density at radius 2 is 1.12 bits per heavy atom. The van der Waals surface area contributed by atoms with Gasteiger partial charge >= 0.3 is 0 Å². The molecule has 0 heterocycles. The molecule has 0 spiro atoms. The van der Waals surface area contributed by atoms with Crippen LogP contribution in [0.2, 0.25) is 0 Å². The van der Waals surface area contributed by atoms with Crippen LogP contribution >= 0.6 is 7.82 Å². The van der Waals surface area contributed by atoms with Gasteiger partial charge in [0.05, 0.1) is 39.9 Å². The van der Waals surface area contributed by atoms with Crippen LogP contribution in [-0.2, 0) is 18.4 Å². The van der Waals surface area contributed by atoms with Gasteiger partial charge in [0, 0.05) is 6.42 Å². The van der Waals surface area contributed by atoms with Gasteiger partial charge in [0.15, 0.2) is 0 Å². The minimum absolute atomic E-state index is 0.00173. The van der Waals surface area contributed by atoms with E-state index in [-0.39, 0.29) is 19.1 Å².